The Labute approximate surface area is 156 Å². The molecule has 0 unspecified atom stereocenters. The van der Waals surface area contributed by atoms with Crippen LogP contribution in [0.5, 0.6) is 11.5 Å². The quantitative estimate of drug-likeness (QED) is 0.784. The Morgan fingerprint density at radius 3 is 2.40 bits per heavy atom. The summed E-state index contributed by atoms with van der Waals surface area (Å²) in [6.07, 6.45) is 3.41. The predicted molar refractivity (Wildman–Crippen MR) is 104 cm³/mol. The van der Waals surface area contributed by atoms with Gasteiger partial charge in [0.25, 0.3) is 0 Å². The van der Waals surface area contributed by atoms with Crippen LogP contribution in [0.4, 0.5) is 5.69 Å². The highest BCUT2D eigenvalue weighted by Gasteiger charge is 2.06. The van der Waals surface area contributed by atoms with Crippen molar-refractivity contribution in [3.05, 3.63) is 64.7 Å². The molecule has 124 valence electrons. The van der Waals surface area contributed by atoms with E-state index < -0.39 is 0 Å². The molecule has 1 aliphatic rings. The largest absolute Gasteiger partial charge is 0.481 e. The average molecular weight is 394 g/mol. The van der Waals surface area contributed by atoms with Crippen LogP contribution in [0.15, 0.2) is 59.1 Å². The van der Waals surface area contributed by atoms with Gasteiger partial charge in [-0.1, -0.05) is 39.6 Å². The topological polar surface area (TPSA) is 30.5 Å². The number of ether oxygens (including phenoxy) is 2. The lowest BCUT2D eigenvalue weighted by Crippen LogP contribution is -2.04. The lowest BCUT2D eigenvalue weighted by molar-refractivity contribution is 0.349. The van der Waals surface area contributed by atoms with Crippen molar-refractivity contribution in [2.45, 2.75) is 6.54 Å². The zero-order valence-electron chi connectivity index (χ0n) is 13.5. The molecule has 0 aliphatic carbocycles. The first-order valence-corrected chi connectivity index (χ1v) is 8.60. The van der Waals surface area contributed by atoms with E-state index in [4.69, 9.17) is 9.47 Å². The molecule has 1 N–H and O–H groups in total. The number of hydrogen-bond donors (Lipinski definition) is 1. The van der Waals surface area contributed by atoms with Crippen LogP contribution in [0.25, 0.3) is 0 Å². The summed E-state index contributed by atoms with van der Waals surface area (Å²) in [6, 6.07) is 13.9. The predicted octanol–water partition coefficient (Wildman–Crippen LogP) is 4.40. The van der Waals surface area contributed by atoms with E-state index >= 15 is 0 Å². The Balaban J connectivity index is 1.76. The number of allylic oxidation sites excluding steroid dienone is 2. The van der Waals surface area contributed by atoms with E-state index in [2.05, 4.69) is 44.9 Å². The van der Waals surface area contributed by atoms with E-state index in [1.807, 2.05) is 42.5 Å². The van der Waals surface area contributed by atoms with E-state index in [0.29, 0.717) is 19.8 Å². The summed E-state index contributed by atoms with van der Waals surface area (Å²) >= 11 is 3.44. The molecule has 3 rings (SSSR count). The Morgan fingerprint density at radius 2 is 1.64 bits per heavy atom. The summed E-state index contributed by atoms with van der Waals surface area (Å²) in [6.45, 7) is 1.28. The van der Waals surface area contributed by atoms with E-state index in [9.17, 15) is 0 Å². The van der Waals surface area contributed by atoms with Crippen molar-refractivity contribution >= 4 is 21.6 Å². The molecule has 0 amide bonds. The SMILES string of the molecule is Brc1ccc(NCc2ccc3cc2OCC#C/C=C\C#CCO3)cc1. The third-order valence-electron chi connectivity index (χ3n) is 3.43. The van der Waals surface area contributed by atoms with Crippen LogP contribution in [-0.2, 0) is 6.54 Å². The minimum Gasteiger partial charge on any atom is -0.481 e. The van der Waals surface area contributed by atoms with Crippen molar-refractivity contribution in [1.29, 1.82) is 0 Å². The molecule has 1 heterocycles. The molecule has 0 atom stereocenters. The molecule has 2 aromatic rings. The van der Waals surface area contributed by atoms with Gasteiger partial charge in [-0.2, -0.15) is 0 Å². The number of benzene rings is 2. The van der Waals surface area contributed by atoms with Gasteiger partial charge in [0.15, 0.2) is 0 Å². The highest BCUT2D eigenvalue weighted by atomic mass is 79.9. The Morgan fingerprint density at radius 1 is 0.920 bits per heavy atom. The minimum atomic E-state index is 0.312. The van der Waals surface area contributed by atoms with Gasteiger partial charge in [0.05, 0.1) is 0 Å². The van der Waals surface area contributed by atoms with E-state index in [0.717, 1.165) is 27.2 Å². The van der Waals surface area contributed by atoms with Gasteiger partial charge in [-0.25, -0.2) is 0 Å². The van der Waals surface area contributed by atoms with E-state index in [1.54, 1.807) is 12.2 Å². The molecule has 1 aliphatic heterocycles. The lowest BCUT2D eigenvalue weighted by atomic mass is 10.2. The molecule has 2 aromatic carbocycles. The van der Waals surface area contributed by atoms with Crippen LogP contribution in [0.1, 0.15) is 5.56 Å². The molecule has 0 aromatic heterocycles. The fourth-order valence-electron chi connectivity index (χ4n) is 2.19. The average Bonchev–Trinajstić information content (AvgIpc) is 2.65. The summed E-state index contributed by atoms with van der Waals surface area (Å²) in [4.78, 5) is 0. The third kappa shape index (κ3) is 5.35. The Hall–Kier alpha value is -2.82. The zero-order valence-corrected chi connectivity index (χ0v) is 15.1. The van der Waals surface area contributed by atoms with Gasteiger partial charge in [0.1, 0.15) is 24.7 Å². The third-order valence-corrected chi connectivity index (χ3v) is 3.96. The first kappa shape index (κ1) is 17.0. The molecule has 3 nitrogen and oxygen atoms in total. The maximum Gasteiger partial charge on any atom is 0.149 e. The monoisotopic (exact) mass is 393 g/mol. The Kier molecular flexibility index (Phi) is 6.04. The summed E-state index contributed by atoms with van der Waals surface area (Å²) in [5, 5.41) is 3.39. The van der Waals surface area contributed by atoms with Crippen LogP contribution in [-0.4, -0.2) is 13.2 Å². The summed E-state index contributed by atoms with van der Waals surface area (Å²) in [5.41, 5.74) is 2.08. The lowest BCUT2D eigenvalue weighted by Gasteiger charge is -2.13. The van der Waals surface area contributed by atoms with Gasteiger partial charge in [-0.05, 0) is 48.6 Å². The van der Waals surface area contributed by atoms with Gasteiger partial charge >= 0.3 is 0 Å². The highest BCUT2D eigenvalue weighted by Crippen LogP contribution is 2.26. The number of nitrogens with one attached hydrogen (secondary N) is 1. The number of halogens is 1. The van der Waals surface area contributed by atoms with Crippen molar-refractivity contribution in [2.75, 3.05) is 18.5 Å². The Bertz CT molecular complexity index is 880. The molecule has 4 heteroatoms. The summed E-state index contributed by atoms with van der Waals surface area (Å²) in [5.74, 6) is 13.1. The second kappa shape index (κ2) is 8.87. The highest BCUT2D eigenvalue weighted by molar-refractivity contribution is 9.10. The van der Waals surface area contributed by atoms with Gasteiger partial charge in [0, 0.05) is 28.3 Å². The van der Waals surface area contributed by atoms with Gasteiger partial charge in [0.2, 0.25) is 0 Å². The minimum absolute atomic E-state index is 0.312. The number of hydrogen-bond acceptors (Lipinski definition) is 3. The van der Waals surface area contributed by atoms with Crippen LogP contribution in [0.2, 0.25) is 0 Å². The van der Waals surface area contributed by atoms with Gasteiger partial charge < -0.3 is 14.8 Å². The van der Waals surface area contributed by atoms with Gasteiger partial charge in [-0.3, -0.25) is 0 Å². The summed E-state index contributed by atoms with van der Waals surface area (Å²) in [7, 11) is 0. The molecule has 0 saturated heterocycles. The van der Waals surface area contributed by atoms with E-state index in [1.165, 1.54) is 0 Å². The maximum atomic E-state index is 5.82. The summed E-state index contributed by atoms with van der Waals surface area (Å²) < 4.78 is 12.5. The fraction of sp³-hybridized carbons (Fsp3) is 0.143. The van der Waals surface area contributed by atoms with Crippen molar-refractivity contribution < 1.29 is 9.47 Å². The van der Waals surface area contributed by atoms with Crippen LogP contribution >= 0.6 is 15.9 Å². The first-order valence-electron chi connectivity index (χ1n) is 7.81. The second-order valence-electron chi connectivity index (χ2n) is 5.18. The molecular weight excluding hydrogens is 378 g/mol. The molecule has 0 spiro atoms. The normalized spacial score (nSPS) is 13.8. The molecule has 0 saturated carbocycles. The van der Waals surface area contributed by atoms with Crippen LogP contribution in [0, 0.1) is 23.7 Å². The van der Waals surface area contributed by atoms with Crippen molar-refractivity contribution in [3.8, 4) is 35.2 Å². The van der Waals surface area contributed by atoms with Crippen molar-refractivity contribution in [3.63, 3.8) is 0 Å². The number of anilines is 1. The van der Waals surface area contributed by atoms with Gasteiger partial charge in [-0.15, -0.1) is 0 Å². The molecule has 2 bridgehead atoms. The molecule has 0 fully saturated rings. The van der Waals surface area contributed by atoms with Crippen molar-refractivity contribution in [1.82, 2.24) is 0 Å². The standard InChI is InChI=1S/C21H16BrNO2/c22-18-8-10-19(11-9-18)23-16-17-7-12-20-15-21(17)25-14-6-4-2-1-3-5-13-24-20/h1-2,7-12,15,23H,13-14,16H2/b2-1-. The van der Waals surface area contributed by atoms with Crippen LogP contribution < -0.4 is 14.8 Å². The number of rotatable bonds is 3. The molecule has 0 radical (unpaired) electrons. The molecule has 25 heavy (non-hydrogen) atoms. The smallest absolute Gasteiger partial charge is 0.149 e. The zero-order chi connectivity index (χ0) is 17.3. The maximum absolute atomic E-state index is 5.82. The van der Waals surface area contributed by atoms with Crippen molar-refractivity contribution in [2.24, 2.45) is 0 Å². The molecular formula is C21H16BrNO2. The first-order chi connectivity index (χ1) is 12.3. The second-order valence-corrected chi connectivity index (χ2v) is 6.10. The number of fused-ring (bicyclic) bond motifs is 2. The van der Waals surface area contributed by atoms with Crippen LogP contribution in [0.3, 0.4) is 0 Å². The fourth-order valence-corrected chi connectivity index (χ4v) is 2.45. The van der Waals surface area contributed by atoms with E-state index in [-0.39, 0.29) is 0 Å².